The third-order valence-corrected chi connectivity index (χ3v) is 5.90. The van der Waals surface area contributed by atoms with E-state index in [1.807, 2.05) is 60.7 Å². The second-order valence-electron chi connectivity index (χ2n) is 8.20. The highest BCUT2D eigenvalue weighted by molar-refractivity contribution is 6.52. The Bertz CT molecular complexity index is 1290. The predicted molar refractivity (Wildman–Crippen MR) is 134 cm³/mol. The van der Waals surface area contributed by atoms with E-state index in [1.54, 1.807) is 19.1 Å². The molecule has 3 aromatic rings. The number of hydrogen-bond acceptors (Lipinski definition) is 4. The number of ketones is 1. The Hall–Kier alpha value is -4.52. The number of Topliss-reactive ketones (excluding diaryl/α,β-unsaturated/α-hetero) is 1. The SMILES string of the molecule is C=CC(=O)N(c1ccc2c(c1)C(=O)C(=O)N2Cc1ccccc1)C(C)C(=O)NCc1ccccc1. The van der Waals surface area contributed by atoms with Gasteiger partial charge in [0.05, 0.1) is 17.8 Å². The fourth-order valence-corrected chi connectivity index (χ4v) is 4.05. The molecule has 3 amide bonds. The number of amides is 3. The van der Waals surface area contributed by atoms with Gasteiger partial charge in [0.1, 0.15) is 6.04 Å². The quantitative estimate of drug-likeness (QED) is 0.405. The first-order valence-electron chi connectivity index (χ1n) is 11.2. The molecule has 0 fully saturated rings. The topological polar surface area (TPSA) is 86.8 Å². The van der Waals surface area contributed by atoms with Crippen LogP contribution in [0.2, 0.25) is 0 Å². The molecule has 1 heterocycles. The molecule has 0 spiro atoms. The van der Waals surface area contributed by atoms with Gasteiger partial charge in [-0.15, -0.1) is 0 Å². The largest absolute Gasteiger partial charge is 0.350 e. The van der Waals surface area contributed by atoms with Crippen LogP contribution < -0.4 is 15.1 Å². The van der Waals surface area contributed by atoms with Gasteiger partial charge < -0.3 is 10.2 Å². The number of nitrogens with zero attached hydrogens (tertiary/aromatic N) is 2. The van der Waals surface area contributed by atoms with Gasteiger partial charge in [0.25, 0.3) is 17.6 Å². The number of anilines is 2. The molecule has 1 aliphatic rings. The highest BCUT2D eigenvalue weighted by Gasteiger charge is 2.37. The second-order valence-corrected chi connectivity index (χ2v) is 8.20. The van der Waals surface area contributed by atoms with Crippen molar-refractivity contribution in [3.05, 3.63) is 108 Å². The maximum atomic E-state index is 12.9. The fourth-order valence-electron chi connectivity index (χ4n) is 4.05. The summed E-state index contributed by atoms with van der Waals surface area (Å²) in [6.45, 7) is 5.72. The Morgan fingerprint density at radius 1 is 0.971 bits per heavy atom. The molecule has 1 atom stereocenters. The molecule has 7 heteroatoms. The van der Waals surface area contributed by atoms with Gasteiger partial charge in [0.15, 0.2) is 0 Å². The Balaban J connectivity index is 1.59. The van der Waals surface area contributed by atoms with Gasteiger partial charge in [-0.25, -0.2) is 0 Å². The van der Waals surface area contributed by atoms with Crippen LogP contribution >= 0.6 is 0 Å². The number of fused-ring (bicyclic) bond motifs is 1. The predicted octanol–water partition coefficient (Wildman–Crippen LogP) is 3.64. The minimum absolute atomic E-state index is 0.196. The van der Waals surface area contributed by atoms with Gasteiger partial charge in [-0.2, -0.15) is 0 Å². The van der Waals surface area contributed by atoms with Crippen LogP contribution in [0.15, 0.2) is 91.5 Å². The van der Waals surface area contributed by atoms with Crippen LogP contribution in [-0.4, -0.2) is 29.5 Å². The van der Waals surface area contributed by atoms with Crippen molar-refractivity contribution in [2.75, 3.05) is 9.80 Å². The summed E-state index contributed by atoms with van der Waals surface area (Å²) >= 11 is 0. The van der Waals surface area contributed by atoms with E-state index in [-0.39, 0.29) is 18.0 Å². The van der Waals surface area contributed by atoms with E-state index >= 15 is 0 Å². The molecule has 35 heavy (non-hydrogen) atoms. The van der Waals surface area contributed by atoms with Crippen LogP contribution in [0.25, 0.3) is 0 Å². The molecule has 0 aromatic heterocycles. The zero-order chi connectivity index (χ0) is 24.9. The molecular formula is C28H25N3O4. The lowest BCUT2D eigenvalue weighted by atomic mass is 10.1. The van der Waals surface area contributed by atoms with E-state index in [0.717, 1.165) is 17.2 Å². The molecular weight excluding hydrogens is 442 g/mol. The average molecular weight is 468 g/mol. The first-order valence-corrected chi connectivity index (χ1v) is 11.2. The minimum atomic E-state index is -0.880. The van der Waals surface area contributed by atoms with Crippen molar-refractivity contribution in [2.24, 2.45) is 0 Å². The molecule has 1 aliphatic heterocycles. The molecule has 0 saturated carbocycles. The summed E-state index contributed by atoms with van der Waals surface area (Å²) in [6, 6.07) is 22.7. The minimum Gasteiger partial charge on any atom is -0.350 e. The van der Waals surface area contributed by atoms with Crippen LogP contribution in [0.1, 0.15) is 28.4 Å². The Kier molecular flexibility index (Phi) is 6.87. The molecule has 0 bridgehead atoms. The number of rotatable bonds is 8. The molecule has 7 nitrogen and oxygen atoms in total. The van der Waals surface area contributed by atoms with E-state index in [4.69, 9.17) is 0 Å². The van der Waals surface area contributed by atoms with E-state index in [9.17, 15) is 19.2 Å². The lowest BCUT2D eigenvalue weighted by Crippen LogP contribution is -2.47. The lowest BCUT2D eigenvalue weighted by molar-refractivity contribution is -0.124. The summed E-state index contributed by atoms with van der Waals surface area (Å²) in [5.41, 5.74) is 2.81. The highest BCUT2D eigenvalue weighted by atomic mass is 16.2. The van der Waals surface area contributed by atoms with E-state index in [1.165, 1.54) is 15.9 Å². The number of nitrogens with one attached hydrogen (secondary N) is 1. The Morgan fingerprint density at radius 3 is 2.23 bits per heavy atom. The highest BCUT2D eigenvalue weighted by Crippen LogP contribution is 2.34. The maximum Gasteiger partial charge on any atom is 0.299 e. The van der Waals surface area contributed by atoms with Gasteiger partial charge in [-0.3, -0.25) is 24.1 Å². The number of hydrogen-bond donors (Lipinski definition) is 1. The molecule has 4 rings (SSSR count). The fraction of sp³-hybridized carbons (Fsp3) is 0.143. The van der Waals surface area contributed by atoms with Gasteiger partial charge in [0, 0.05) is 12.2 Å². The summed E-state index contributed by atoms with van der Waals surface area (Å²) in [4.78, 5) is 53.8. The number of carbonyl (C=O) groups is 4. The van der Waals surface area contributed by atoms with Crippen molar-refractivity contribution >= 4 is 34.9 Å². The van der Waals surface area contributed by atoms with Crippen LogP contribution in [0.3, 0.4) is 0 Å². The van der Waals surface area contributed by atoms with Crippen LogP contribution in [0.5, 0.6) is 0 Å². The summed E-state index contributed by atoms with van der Waals surface area (Å²) in [6.07, 6.45) is 1.11. The third-order valence-electron chi connectivity index (χ3n) is 5.90. The smallest absolute Gasteiger partial charge is 0.299 e. The van der Waals surface area contributed by atoms with Gasteiger partial charge >= 0.3 is 0 Å². The van der Waals surface area contributed by atoms with Crippen molar-refractivity contribution in [3.63, 3.8) is 0 Å². The molecule has 3 aromatic carbocycles. The zero-order valence-electron chi connectivity index (χ0n) is 19.3. The normalized spacial score (nSPS) is 13.2. The second kappa shape index (κ2) is 10.2. The molecule has 0 saturated heterocycles. The van der Waals surface area contributed by atoms with Crippen molar-refractivity contribution < 1.29 is 19.2 Å². The first kappa shape index (κ1) is 23.6. The number of carbonyl (C=O) groups excluding carboxylic acids is 4. The Labute approximate surface area is 203 Å². The molecule has 0 aliphatic carbocycles. The van der Waals surface area contributed by atoms with Crippen LogP contribution in [0, 0.1) is 0 Å². The average Bonchev–Trinajstić information content (AvgIpc) is 3.12. The van der Waals surface area contributed by atoms with E-state index < -0.39 is 23.6 Å². The zero-order valence-corrected chi connectivity index (χ0v) is 19.3. The Morgan fingerprint density at radius 2 is 1.60 bits per heavy atom. The van der Waals surface area contributed by atoms with E-state index in [0.29, 0.717) is 17.9 Å². The van der Waals surface area contributed by atoms with Crippen molar-refractivity contribution in [2.45, 2.75) is 26.1 Å². The van der Waals surface area contributed by atoms with E-state index in [2.05, 4.69) is 11.9 Å². The van der Waals surface area contributed by atoms with Crippen LogP contribution in [0.4, 0.5) is 11.4 Å². The summed E-state index contributed by atoms with van der Waals surface area (Å²) in [7, 11) is 0. The molecule has 0 radical (unpaired) electrons. The van der Waals surface area contributed by atoms with Gasteiger partial charge in [0.2, 0.25) is 5.91 Å². The van der Waals surface area contributed by atoms with Crippen molar-refractivity contribution in [1.82, 2.24) is 5.32 Å². The third kappa shape index (κ3) is 4.89. The molecule has 176 valence electrons. The molecule has 1 unspecified atom stereocenters. The van der Waals surface area contributed by atoms with Crippen LogP contribution in [-0.2, 0) is 27.5 Å². The monoisotopic (exact) mass is 467 g/mol. The summed E-state index contributed by atoms with van der Waals surface area (Å²) in [5.74, 6) is -2.14. The summed E-state index contributed by atoms with van der Waals surface area (Å²) < 4.78 is 0. The van der Waals surface area contributed by atoms with Gasteiger partial charge in [-0.05, 0) is 42.3 Å². The van der Waals surface area contributed by atoms with Gasteiger partial charge in [-0.1, -0.05) is 67.2 Å². The van der Waals surface area contributed by atoms with Crippen molar-refractivity contribution in [3.8, 4) is 0 Å². The molecule has 1 N–H and O–H groups in total. The lowest BCUT2D eigenvalue weighted by Gasteiger charge is -2.28. The first-order chi connectivity index (χ1) is 16.9. The summed E-state index contributed by atoms with van der Waals surface area (Å²) in [5, 5.41) is 2.83. The van der Waals surface area contributed by atoms with Crippen molar-refractivity contribution in [1.29, 1.82) is 0 Å². The number of benzene rings is 3. The standard InChI is InChI=1S/C28H25N3O4/c1-3-25(32)31(19(2)27(34)29-17-20-10-6-4-7-11-20)22-14-15-24-23(16-22)26(33)28(35)30(24)18-21-12-8-5-9-13-21/h3-16,19H,1,17-18H2,2H3,(H,29,34). The maximum absolute atomic E-state index is 12.9.